The van der Waals surface area contributed by atoms with E-state index in [1.54, 1.807) is 11.8 Å². The molecule has 0 saturated carbocycles. The normalized spacial score (nSPS) is 17.1. The summed E-state index contributed by atoms with van der Waals surface area (Å²) in [6.07, 6.45) is 0. The molecule has 0 aliphatic heterocycles. The topological polar surface area (TPSA) is 46.2 Å². The molecule has 0 fully saturated rings. The van der Waals surface area contributed by atoms with Gasteiger partial charge in [-0.1, -0.05) is 37.3 Å². The van der Waals surface area contributed by atoms with E-state index in [2.05, 4.69) is 6.92 Å². The molecule has 1 aromatic carbocycles. The van der Waals surface area contributed by atoms with Crippen molar-refractivity contribution in [2.75, 3.05) is 12.3 Å². The number of hydrogen-bond acceptors (Lipinski definition) is 3. The highest BCUT2D eigenvalue weighted by Gasteiger charge is 2.23. The minimum absolute atomic E-state index is 0.389. The molecule has 2 unspecified atom stereocenters. The summed E-state index contributed by atoms with van der Waals surface area (Å²) in [5.41, 5.74) is 5.73. The number of benzene rings is 1. The highest BCUT2D eigenvalue weighted by molar-refractivity contribution is 7.99. The van der Waals surface area contributed by atoms with Crippen LogP contribution in [0.5, 0.6) is 0 Å². The van der Waals surface area contributed by atoms with E-state index in [4.69, 9.17) is 5.73 Å². The van der Waals surface area contributed by atoms with Crippen LogP contribution < -0.4 is 5.73 Å². The molecule has 0 spiro atoms. The lowest BCUT2D eigenvalue weighted by molar-refractivity contribution is 0.0838. The lowest BCUT2D eigenvalue weighted by Gasteiger charge is -2.24. The van der Waals surface area contributed by atoms with Gasteiger partial charge in [0.15, 0.2) is 0 Å². The molecule has 3 N–H and O–H groups in total. The molecule has 0 saturated heterocycles. The fourth-order valence-corrected chi connectivity index (χ4v) is 2.16. The maximum absolute atomic E-state index is 10.3. The van der Waals surface area contributed by atoms with Gasteiger partial charge >= 0.3 is 0 Å². The first-order valence-electron chi connectivity index (χ1n) is 5.16. The zero-order valence-corrected chi connectivity index (χ0v) is 10.1. The molecule has 2 atom stereocenters. The van der Waals surface area contributed by atoms with Crippen LogP contribution in [-0.2, 0) is 5.60 Å². The third-order valence-corrected chi connectivity index (χ3v) is 3.87. The number of nitrogens with two attached hydrogens (primary N) is 1. The molecule has 0 aliphatic carbocycles. The van der Waals surface area contributed by atoms with Gasteiger partial charge in [-0.05, 0) is 12.5 Å². The van der Waals surface area contributed by atoms with Crippen LogP contribution in [0.3, 0.4) is 0 Å². The van der Waals surface area contributed by atoms with Crippen molar-refractivity contribution in [3.05, 3.63) is 35.9 Å². The molecule has 1 aromatic rings. The lowest BCUT2D eigenvalue weighted by Crippen LogP contribution is -2.26. The Morgan fingerprint density at radius 2 is 2.00 bits per heavy atom. The first-order chi connectivity index (χ1) is 7.06. The summed E-state index contributed by atoms with van der Waals surface area (Å²) in [6.45, 7) is 4.57. The Hall–Kier alpha value is -0.510. The number of hydrogen-bond donors (Lipinski definition) is 2. The highest BCUT2D eigenvalue weighted by Crippen LogP contribution is 2.26. The van der Waals surface area contributed by atoms with Crippen LogP contribution in [0.2, 0.25) is 0 Å². The molecular weight excluding hydrogens is 206 g/mol. The van der Waals surface area contributed by atoms with Crippen molar-refractivity contribution in [3.8, 4) is 0 Å². The van der Waals surface area contributed by atoms with E-state index in [1.807, 2.05) is 37.3 Å². The van der Waals surface area contributed by atoms with Crippen LogP contribution in [0.4, 0.5) is 0 Å². The maximum atomic E-state index is 10.3. The quantitative estimate of drug-likeness (QED) is 0.805. The van der Waals surface area contributed by atoms with Crippen molar-refractivity contribution in [2.24, 2.45) is 5.73 Å². The van der Waals surface area contributed by atoms with Gasteiger partial charge in [0, 0.05) is 17.5 Å². The Labute approximate surface area is 95.9 Å². The second-order valence-corrected chi connectivity index (χ2v) is 5.42. The van der Waals surface area contributed by atoms with Crippen molar-refractivity contribution in [3.63, 3.8) is 0 Å². The number of aliphatic hydroxyl groups is 1. The minimum Gasteiger partial charge on any atom is -0.385 e. The molecule has 3 heteroatoms. The first-order valence-corrected chi connectivity index (χ1v) is 6.20. The van der Waals surface area contributed by atoms with Gasteiger partial charge in [-0.2, -0.15) is 11.8 Å². The van der Waals surface area contributed by atoms with Crippen molar-refractivity contribution < 1.29 is 5.11 Å². The van der Waals surface area contributed by atoms with Crippen molar-refractivity contribution in [1.82, 2.24) is 0 Å². The Morgan fingerprint density at radius 3 is 2.53 bits per heavy atom. The zero-order valence-electron chi connectivity index (χ0n) is 9.31. The molecule has 15 heavy (non-hydrogen) atoms. The van der Waals surface area contributed by atoms with E-state index in [0.29, 0.717) is 17.5 Å². The van der Waals surface area contributed by atoms with Gasteiger partial charge in [-0.3, -0.25) is 0 Å². The summed E-state index contributed by atoms with van der Waals surface area (Å²) in [6, 6.07) is 9.75. The third kappa shape index (κ3) is 3.86. The van der Waals surface area contributed by atoms with Crippen LogP contribution in [0, 0.1) is 0 Å². The smallest absolute Gasteiger partial charge is 0.0958 e. The maximum Gasteiger partial charge on any atom is 0.0958 e. The molecule has 0 heterocycles. The van der Waals surface area contributed by atoms with Crippen molar-refractivity contribution >= 4 is 11.8 Å². The summed E-state index contributed by atoms with van der Waals surface area (Å²) in [5.74, 6) is 0.676. The van der Waals surface area contributed by atoms with E-state index in [1.165, 1.54) is 0 Å². The number of rotatable bonds is 5. The molecule has 1 rings (SSSR count). The monoisotopic (exact) mass is 225 g/mol. The first kappa shape index (κ1) is 12.6. The fraction of sp³-hybridized carbons (Fsp3) is 0.500. The molecule has 2 nitrogen and oxygen atoms in total. The lowest BCUT2D eigenvalue weighted by atomic mass is 9.99. The van der Waals surface area contributed by atoms with Crippen LogP contribution in [0.15, 0.2) is 30.3 Å². The second kappa shape index (κ2) is 5.54. The van der Waals surface area contributed by atoms with Gasteiger partial charge in [0.2, 0.25) is 0 Å². The highest BCUT2D eigenvalue weighted by atomic mass is 32.2. The fourth-order valence-electron chi connectivity index (χ4n) is 1.25. The molecule has 0 bridgehead atoms. The molecule has 0 amide bonds. The Balaban J connectivity index is 2.59. The van der Waals surface area contributed by atoms with Crippen LogP contribution in [0.1, 0.15) is 19.4 Å². The predicted octanol–water partition coefficient (Wildman–Crippen LogP) is 1.97. The van der Waals surface area contributed by atoms with E-state index in [9.17, 15) is 5.11 Å². The summed E-state index contributed by atoms with van der Waals surface area (Å²) in [7, 11) is 0. The third-order valence-electron chi connectivity index (χ3n) is 2.38. The van der Waals surface area contributed by atoms with Crippen LogP contribution >= 0.6 is 11.8 Å². The predicted molar refractivity (Wildman–Crippen MR) is 67.0 cm³/mol. The van der Waals surface area contributed by atoms with Crippen molar-refractivity contribution in [2.45, 2.75) is 24.7 Å². The average Bonchev–Trinajstić information content (AvgIpc) is 2.27. The largest absolute Gasteiger partial charge is 0.385 e. The van der Waals surface area contributed by atoms with E-state index in [0.717, 1.165) is 5.56 Å². The van der Waals surface area contributed by atoms with Gasteiger partial charge in [0.1, 0.15) is 0 Å². The van der Waals surface area contributed by atoms with Crippen LogP contribution in [0.25, 0.3) is 0 Å². The Kier molecular flexibility index (Phi) is 4.64. The van der Waals surface area contributed by atoms with Crippen LogP contribution in [-0.4, -0.2) is 22.7 Å². The standard InChI is InChI=1S/C12H19NOS/c1-10(8-13)15-9-12(2,14)11-6-4-3-5-7-11/h3-7,10,14H,8-9,13H2,1-2H3. The van der Waals surface area contributed by atoms with Gasteiger partial charge in [-0.15, -0.1) is 0 Å². The van der Waals surface area contributed by atoms with E-state index in [-0.39, 0.29) is 0 Å². The van der Waals surface area contributed by atoms with Gasteiger partial charge in [0.05, 0.1) is 5.60 Å². The summed E-state index contributed by atoms with van der Waals surface area (Å²) in [4.78, 5) is 0. The molecule has 0 aliphatic rings. The molecule has 84 valence electrons. The average molecular weight is 225 g/mol. The summed E-state index contributed by atoms with van der Waals surface area (Å²) >= 11 is 1.70. The Bertz CT molecular complexity index is 287. The summed E-state index contributed by atoms with van der Waals surface area (Å²) < 4.78 is 0. The SMILES string of the molecule is CC(CN)SCC(C)(O)c1ccccc1. The minimum atomic E-state index is -0.768. The van der Waals surface area contributed by atoms with E-state index >= 15 is 0 Å². The van der Waals surface area contributed by atoms with Crippen molar-refractivity contribution in [1.29, 1.82) is 0 Å². The van der Waals surface area contributed by atoms with Gasteiger partial charge < -0.3 is 10.8 Å². The Morgan fingerprint density at radius 1 is 1.40 bits per heavy atom. The zero-order chi connectivity index (χ0) is 11.3. The van der Waals surface area contributed by atoms with E-state index < -0.39 is 5.60 Å². The molecule has 0 aromatic heterocycles. The van der Waals surface area contributed by atoms with Gasteiger partial charge in [0.25, 0.3) is 0 Å². The summed E-state index contributed by atoms with van der Waals surface area (Å²) in [5, 5.41) is 10.7. The molecule has 0 radical (unpaired) electrons. The second-order valence-electron chi connectivity index (χ2n) is 4.00. The molecular formula is C12H19NOS. The number of thioether (sulfide) groups is 1. The van der Waals surface area contributed by atoms with Gasteiger partial charge in [-0.25, -0.2) is 0 Å².